The fraction of sp³-hybridized carbons (Fsp3) is 0.417. The van der Waals surface area contributed by atoms with Crippen LogP contribution in [0.5, 0.6) is 5.75 Å². The van der Waals surface area contributed by atoms with Gasteiger partial charge in [-0.1, -0.05) is 6.07 Å². The van der Waals surface area contributed by atoms with Crippen LogP contribution in [0.25, 0.3) is 0 Å². The molecule has 0 aliphatic carbocycles. The van der Waals surface area contributed by atoms with Gasteiger partial charge in [-0.05, 0) is 42.3 Å². The van der Waals surface area contributed by atoms with Crippen LogP contribution in [0.15, 0.2) is 48.8 Å². The van der Waals surface area contributed by atoms with Crippen molar-refractivity contribution in [2.24, 2.45) is 0 Å². The molecule has 172 valence electrons. The van der Waals surface area contributed by atoms with Gasteiger partial charge in [0.1, 0.15) is 17.9 Å². The number of hydrogen-bond acceptors (Lipinski definition) is 5. The zero-order valence-corrected chi connectivity index (χ0v) is 18.3. The molecule has 9 nitrogen and oxygen atoms in total. The highest BCUT2D eigenvalue weighted by Gasteiger charge is 2.35. The van der Waals surface area contributed by atoms with Crippen LogP contribution in [0.1, 0.15) is 30.7 Å². The largest absolute Gasteiger partial charge is 0.489 e. The van der Waals surface area contributed by atoms with Crippen molar-refractivity contribution in [2.45, 2.75) is 37.3 Å². The van der Waals surface area contributed by atoms with Crippen LogP contribution in [0, 0.1) is 0 Å². The average Bonchev–Trinajstić information content (AvgIpc) is 3.43. The fourth-order valence-electron chi connectivity index (χ4n) is 4.53. The Morgan fingerprint density at radius 1 is 1.06 bits per heavy atom. The van der Waals surface area contributed by atoms with E-state index in [-0.39, 0.29) is 23.9 Å². The van der Waals surface area contributed by atoms with Gasteiger partial charge in [0.15, 0.2) is 0 Å². The molecule has 3 fully saturated rings. The van der Waals surface area contributed by atoms with Crippen LogP contribution in [0.2, 0.25) is 0 Å². The zero-order valence-electron chi connectivity index (χ0n) is 18.3. The molecular formula is C24H27N5O4. The number of pyridine rings is 1. The molecule has 1 aromatic heterocycles. The first-order valence-electron chi connectivity index (χ1n) is 11.4. The van der Waals surface area contributed by atoms with Crippen molar-refractivity contribution in [1.29, 1.82) is 0 Å². The number of carbonyl (C=O) groups excluding carboxylic acids is 3. The van der Waals surface area contributed by atoms with Gasteiger partial charge in [-0.25, -0.2) is 4.79 Å². The average molecular weight is 450 g/mol. The Kier molecular flexibility index (Phi) is 5.85. The summed E-state index contributed by atoms with van der Waals surface area (Å²) in [7, 11) is 0. The lowest BCUT2D eigenvalue weighted by molar-refractivity contribution is -0.133. The van der Waals surface area contributed by atoms with Gasteiger partial charge in [-0.2, -0.15) is 0 Å². The molecule has 33 heavy (non-hydrogen) atoms. The SMILES string of the molecule is O=C1CC[C@@H](C(=O)N2CC[C@@H](Oc3ccc(NC(=O)N4CC(c5cccnc5)C4)cc3)C2)N1. The molecule has 3 saturated heterocycles. The van der Waals surface area contributed by atoms with Crippen molar-refractivity contribution in [2.75, 3.05) is 31.5 Å². The lowest BCUT2D eigenvalue weighted by Gasteiger charge is -2.39. The molecule has 3 aliphatic rings. The second kappa shape index (κ2) is 9.09. The molecule has 5 rings (SSSR count). The van der Waals surface area contributed by atoms with Crippen molar-refractivity contribution in [3.63, 3.8) is 0 Å². The number of hydrogen-bond donors (Lipinski definition) is 2. The highest BCUT2D eigenvalue weighted by molar-refractivity contribution is 5.91. The van der Waals surface area contributed by atoms with E-state index in [9.17, 15) is 14.4 Å². The second-order valence-electron chi connectivity index (χ2n) is 8.81. The number of aromatic nitrogens is 1. The van der Waals surface area contributed by atoms with Crippen LogP contribution < -0.4 is 15.4 Å². The van der Waals surface area contributed by atoms with Gasteiger partial charge >= 0.3 is 6.03 Å². The summed E-state index contributed by atoms with van der Waals surface area (Å²) >= 11 is 0. The molecule has 0 bridgehead atoms. The number of rotatable bonds is 5. The summed E-state index contributed by atoms with van der Waals surface area (Å²) in [6, 6.07) is 10.7. The van der Waals surface area contributed by atoms with Gasteiger partial charge in [-0.15, -0.1) is 0 Å². The van der Waals surface area contributed by atoms with E-state index in [1.165, 1.54) is 0 Å². The van der Waals surface area contributed by atoms with E-state index in [0.29, 0.717) is 56.4 Å². The Morgan fingerprint density at radius 3 is 2.58 bits per heavy atom. The molecule has 9 heteroatoms. The molecule has 0 spiro atoms. The van der Waals surface area contributed by atoms with E-state index in [0.717, 1.165) is 12.0 Å². The summed E-state index contributed by atoms with van der Waals surface area (Å²) in [5.74, 6) is 0.946. The van der Waals surface area contributed by atoms with Gasteiger partial charge < -0.3 is 25.2 Å². The third-order valence-corrected chi connectivity index (χ3v) is 6.48. The van der Waals surface area contributed by atoms with E-state index in [1.54, 1.807) is 16.0 Å². The van der Waals surface area contributed by atoms with Crippen molar-refractivity contribution in [3.8, 4) is 5.75 Å². The molecular weight excluding hydrogens is 422 g/mol. The zero-order chi connectivity index (χ0) is 22.8. The monoisotopic (exact) mass is 449 g/mol. The number of carbonyl (C=O) groups is 3. The summed E-state index contributed by atoms with van der Waals surface area (Å²) in [6.07, 6.45) is 5.24. The van der Waals surface area contributed by atoms with E-state index in [4.69, 9.17) is 4.74 Å². The summed E-state index contributed by atoms with van der Waals surface area (Å²) in [5, 5.41) is 5.65. The summed E-state index contributed by atoms with van der Waals surface area (Å²) in [5.41, 5.74) is 1.86. The van der Waals surface area contributed by atoms with Crippen molar-refractivity contribution >= 4 is 23.5 Å². The maximum absolute atomic E-state index is 12.5. The van der Waals surface area contributed by atoms with Gasteiger partial charge in [0.05, 0.1) is 6.54 Å². The van der Waals surface area contributed by atoms with E-state index in [2.05, 4.69) is 15.6 Å². The predicted octanol–water partition coefficient (Wildman–Crippen LogP) is 1.97. The number of urea groups is 1. The Labute approximate surface area is 192 Å². The van der Waals surface area contributed by atoms with Crippen LogP contribution in [0.4, 0.5) is 10.5 Å². The number of nitrogens with zero attached hydrogens (tertiary/aromatic N) is 3. The minimum atomic E-state index is -0.398. The maximum atomic E-state index is 12.5. The first-order valence-corrected chi connectivity index (χ1v) is 11.4. The number of benzene rings is 1. The van der Waals surface area contributed by atoms with E-state index in [1.807, 2.05) is 42.6 Å². The number of likely N-dealkylation sites (tertiary alicyclic amines) is 2. The second-order valence-corrected chi connectivity index (χ2v) is 8.81. The maximum Gasteiger partial charge on any atom is 0.321 e. The highest BCUT2D eigenvalue weighted by atomic mass is 16.5. The smallest absolute Gasteiger partial charge is 0.321 e. The molecule has 4 heterocycles. The van der Waals surface area contributed by atoms with Crippen LogP contribution in [-0.2, 0) is 9.59 Å². The number of amides is 4. The number of anilines is 1. The van der Waals surface area contributed by atoms with E-state index >= 15 is 0 Å². The minimum Gasteiger partial charge on any atom is -0.489 e. The van der Waals surface area contributed by atoms with Gasteiger partial charge in [-0.3, -0.25) is 14.6 Å². The third kappa shape index (κ3) is 4.76. The van der Waals surface area contributed by atoms with E-state index < -0.39 is 6.04 Å². The predicted molar refractivity (Wildman–Crippen MR) is 121 cm³/mol. The Bertz CT molecular complexity index is 1020. The summed E-state index contributed by atoms with van der Waals surface area (Å²) in [6.45, 7) is 2.50. The standard InChI is InChI=1S/C24H27N5O4/c30-22-8-7-21(27-22)23(31)28-11-9-20(15-28)33-19-5-3-18(4-6-19)26-24(32)29-13-17(14-29)16-2-1-10-25-12-16/h1-6,10,12,17,20-21H,7-9,11,13-15H2,(H,26,32)(H,27,30)/t20-,21+/m1/s1. The molecule has 0 radical (unpaired) electrons. The Morgan fingerprint density at radius 2 is 1.88 bits per heavy atom. The first kappa shape index (κ1) is 21.2. The quantitative estimate of drug-likeness (QED) is 0.726. The lowest BCUT2D eigenvalue weighted by Crippen LogP contribution is -2.50. The lowest BCUT2D eigenvalue weighted by atomic mass is 9.93. The van der Waals surface area contributed by atoms with Gasteiger partial charge in [0, 0.05) is 56.5 Å². The van der Waals surface area contributed by atoms with Crippen molar-refractivity contribution in [1.82, 2.24) is 20.1 Å². The van der Waals surface area contributed by atoms with Crippen molar-refractivity contribution < 1.29 is 19.1 Å². The summed E-state index contributed by atoms with van der Waals surface area (Å²) < 4.78 is 6.03. The molecule has 0 unspecified atom stereocenters. The normalized spacial score (nSPS) is 22.6. The summed E-state index contributed by atoms with van der Waals surface area (Å²) in [4.78, 5) is 44.0. The highest BCUT2D eigenvalue weighted by Crippen LogP contribution is 2.27. The topological polar surface area (TPSA) is 104 Å². The molecule has 2 aromatic rings. The third-order valence-electron chi connectivity index (χ3n) is 6.48. The number of nitrogens with one attached hydrogen (secondary N) is 2. The van der Waals surface area contributed by atoms with Crippen LogP contribution >= 0.6 is 0 Å². The number of ether oxygens (including phenoxy) is 1. The minimum absolute atomic E-state index is 0.0261. The van der Waals surface area contributed by atoms with Crippen LogP contribution in [-0.4, -0.2) is 71.0 Å². The first-order chi connectivity index (χ1) is 16.0. The van der Waals surface area contributed by atoms with Gasteiger partial charge in [0.2, 0.25) is 11.8 Å². The van der Waals surface area contributed by atoms with Gasteiger partial charge in [0.25, 0.3) is 0 Å². The molecule has 0 saturated carbocycles. The molecule has 2 atom stereocenters. The molecule has 2 N–H and O–H groups in total. The van der Waals surface area contributed by atoms with Crippen molar-refractivity contribution in [3.05, 3.63) is 54.4 Å². The Balaban J connectivity index is 1.07. The molecule has 3 aliphatic heterocycles. The fourth-order valence-corrected chi connectivity index (χ4v) is 4.53. The molecule has 1 aromatic carbocycles. The molecule has 4 amide bonds. The Hall–Kier alpha value is -3.62. The van der Waals surface area contributed by atoms with Crippen LogP contribution in [0.3, 0.4) is 0 Å².